The zero-order valence-corrected chi connectivity index (χ0v) is 9.38. The smallest absolute Gasteiger partial charge is 0.123 e. The second kappa shape index (κ2) is 4.41. The quantitative estimate of drug-likeness (QED) is 0.833. The van der Waals surface area contributed by atoms with Gasteiger partial charge in [0.1, 0.15) is 6.10 Å². The third kappa shape index (κ3) is 2.09. The van der Waals surface area contributed by atoms with E-state index in [1.807, 2.05) is 38.1 Å². The molecule has 2 aromatic rings. The Morgan fingerprint density at radius 3 is 2.44 bits per heavy atom. The maximum absolute atomic E-state index is 10.2. The standard InChI is InChI=1S/C13H14N2O/c1-9-5-3-4-6-11(9)13(16)12-8-14-10(2)7-15-12/h3-8,13,16H,1-2H3. The number of aliphatic hydroxyl groups is 1. The minimum Gasteiger partial charge on any atom is -0.382 e. The first kappa shape index (κ1) is 10.8. The second-order valence-corrected chi connectivity index (χ2v) is 3.84. The Morgan fingerprint density at radius 2 is 1.81 bits per heavy atom. The Balaban J connectivity index is 2.35. The van der Waals surface area contributed by atoms with Crippen molar-refractivity contribution in [2.45, 2.75) is 20.0 Å². The average Bonchev–Trinajstić information content (AvgIpc) is 2.30. The highest BCUT2D eigenvalue weighted by Crippen LogP contribution is 2.22. The van der Waals surface area contributed by atoms with Crippen LogP contribution in [0.4, 0.5) is 0 Å². The summed E-state index contributed by atoms with van der Waals surface area (Å²) in [6.07, 6.45) is 2.58. The molecule has 0 saturated heterocycles. The molecule has 0 spiro atoms. The molecule has 0 aliphatic rings. The lowest BCUT2D eigenvalue weighted by molar-refractivity contribution is 0.214. The Labute approximate surface area is 94.8 Å². The van der Waals surface area contributed by atoms with Crippen molar-refractivity contribution in [1.82, 2.24) is 9.97 Å². The summed E-state index contributed by atoms with van der Waals surface area (Å²) in [6.45, 7) is 3.84. The highest BCUT2D eigenvalue weighted by Gasteiger charge is 2.13. The first-order valence-electron chi connectivity index (χ1n) is 5.20. The molecule has 2 rings (SSSR count). The van der Waals surface area contributed by atoms with Gasteiger partial charge < -0.3 is 5.11 Å². The number of hydrogen-bond donors (Lipinski definition) is 1. The van der Waals surface area contributed by atoms with E-state index in [4.69, 9.17) is 0 Å². The topological polar surface area (TPSA) is 46.0 Å². The van der Waals surface area contributed by atoms with Crippen LogP contribution < -0.4 is 0 Å². The van der Waals surface area contributed by atoms with Crippen LogP contribution in [0.25, 0.3) is 0 Å². The molecule has 1 heterocycles. The molecule has 0 radical (unpaired) electrons. The minimum absolute atomic E-state index is 0.583. The molecule has 1 N–H and O–H groups in total. The Hall–Kier alpha value is -1.74. The molecule has 82 valence electrons. The van der Waals surface area contributed by atoms with Crippen LogP contribution in [-0.2, 0) is 0 Å². The second-order valence-electron chi connectivity index (χ2n) is 3.84. The van der Waals surface area contributed by atoms with Crippen LogP contribution in [0.2, 0.25) is 0 Å². The summed E-state index contributed by atoms with van der Waals surface area (Å²) < 4.78 is 0. The minimum atomic E-state index is -0.700. The maximum Gasteiger partial charge on any atom is 0.123 e. The van der Waals surface area contributed by atoms with Gasteiger partial charge in [-0.15, -0.1) is 0 Å². The first-order chi connectivity index (χ1) is 7.68. The summed E-state index contributed by atoms with van der Waals surface area (Å²) in [5.74, 6) is 0. The number of aliphatic hydroxyl groups excluding tert-OH is 1. The third-order valence-corrected chi connectivity index (χ3v) is 2.56. The van der Waals surface area contributed by atoms with Gasteiger partial charge >= 0.3 is 0 Å². The molecule has 0 saturated carbocycles. The molecule has 0 bridgehead atoms. The van der Waals surface area contributed by atoms with Crippen molar-refractivity contribution in [3.63, 3.8) is 0 Å². The van der Waals surface area contributed by atoms with E-state index in [0.717, 1.165) is 16.8 Å². The molecule has 16 heavy (non-hydrogen) atoms. The zero-order chi connectivity index (χ0) is 11.5. The molecule has 1 aromatic carbocycles. The summed E-state index contributed by atoms with van der Waals surface area (Å²) in [4.78, 5) is 8.32. The number of nitrogens with zero attached hydrogens (tertiary/aromatic N) is 2. The summed E-state index contributed by atoms with van der Waals surface area (Å²) in [5, 5.41) is 10.2. The van der Waals surface area contributed by atoms with E-state index in [2.05, 4.69) is 9.97 Å². The van der Waals surface area contributed by atoms with E-state index in [-0.39, 0.29) is 0 Å². The van der Waals surface area contributed by atoms with Crippen molar-refractivity contribution < 1.29 is 5.11 Å². The highest BCUT2D eigenvalue weighted by atomic mass is 16.3. The van der Waals surface area contributed by atoms with Gasteiger partial charge in [-0.25, -0.2) is 0 Å². The monoisotopic (exact) mass is 214 g/mol. The van der Waals surface area contributed by atoms with Crippen molar-refractivity contribution >= 4 is 0 Å². The van der Waals surface area contributed by atoms with Crippen LogP contribution >= 0.6 is 0 Å². The summed E-state index contributed by atoms with van der Waals surface area (Å²) in [7, 11) is 0. The van der Waals surface area contributed by atoms with Crippen molar-refractivity contribution in [3.05, 3.63) is 59.2 Å². The molecular weight excluding hydrogens is 200 g/mol. The van der Waals surface area contributed by atoms with Gasteiger partial charge in [-0.05, 0) is 25.0 Å². The Bertz CT molecular complexity index is 480. The zero-order valence-electron chi connectivity index (χ0n) is 9.38. The molecule has 0 amide bonds. The van der Waals surface area contributed by atoms with Gasteiger partial charge in [0.25, 0.3) is 0 Å². The maximum atomic E-state index is 10.2. The van der Waals surface area contributed by atoms with Crippen LogP contribution in [0.3, 0.4) is 0 Å². The van der Waals surface area contributed by atoms with Crippen molar-refractivity contribution in [1.29, 1.82) is 0 Å². The van der Waals surface area contributed by atoms with Crippen molar-refractivity contribution in [2.75, 3.05) is 0 Å². The highest BCUT2D eigenvalue weighted by molar-refractivity contribution is 5.31. The van der Waals surface area contributed by atoms with Gasteiger partial charge in [0.05, 0.1) is 17.6 Å². The van der Waals surface area contributed by atoms with Gasteiger partial charge in [-0.1, -0.05) is 24.3 Å². The fourth-order valence-electron chi connectivity index (χ4n) is 1.60. The third-order valence-electron chi connectivity index (χ3n) is 2.56. The fraction of sp³-hybridized carbons (Fsp3) is 0.231. The molecule has 1 aromatic heterocycles. The number of aryl methyl sites for hydroxylation is 2. The molecule has 1 unspecified atom stereocenters. The summed E-state index contributed by atoms with van der Waals surface area (Å²) in [6, 6.07) is 7.74. The SMILES string of the molecule is Cc1cnc(C(O)c2ccccc2C)cn1. The largest absolute Gasteiger partial charge is 0.382 e. The van der Waals surface area contributed by atoms with Gasteiger partial charge in [-0.3, -0.25) is 9.97 Å². The first-order valence-corrected chi connectivity index (χ1v) is 5.20. The fourth-order valence-corrected chi connectivity index (χ4v) is 1.60. The molecule has 0 fully saturated rings. The Kier molecular flexibility index (Phi) is 2.97. The van der Waals surface area contributed by atoms with E-state index in [9.17, 15) is 5.11 Å². The van der Waals surface area contributed by atoms with Crippen molar-refractivity contribution in [2.24, 2.45) is 0 Å². The number of hydrogen-bond acceptors (Lipinski definition) is 3. The van der Waals surface area contributed by atoms with Crippen LogP contribution in [0, 0.1) is 13.8 Å². The van der Waals surface area contributed by atoms with Crippen molar-refractivity contribution in [3.8, 4) is 0 Å². The molecule has 0 aliphatic heterocycles. The van der Waals surface area contributed by atoms with Gasteiger partial charge in [-0.2, -0.15) is 0 Å². The lowest BCUT2D eigenvalue weighted by Crippen LogP contribution is -2.05. The lowest BCUT2D eigenvalue weighted by atomic mass is 10.0. The molecular formula is C13H14N2O. The van der Waals surface area contributed by atoms with Crippen LogP contribution in [0.1, 0.15) is 28.6 Å². The van der Waals surface area contributed by atoms with Gasteiger partial charge in [0, 0.05) is 6.20 Å². The lowest BCUT2D eigenvalue weighted by Gasteiger charge is -2.12. The number of rotatable bonds is 2. The van der Waals surface area contributed by atoms with E-state index in [1.54, 1.807) is 12.4 Å². The molecule has 3 heteroatoms. The van der Waals surface area contributed by atoms with E-state index < -0.39 is 6.10 Å². The number of aromatic nitrogens is 2. The van der Waals surface area contributed by atoms with Crippen LogP contribution in [-0.4, -0.2) is 15.1 Å². The average molecular weight is 214 g/mol. The van der Waals surface area contributed by atoms with Crippen LogP contribution in [0.15, 0.2) is 36.7 Å². The Morgan fingerprint density at radius 1 is 1.06 bits per heavy atom. The normalized spacial score (nSPS) is 12.4. The molecule has 1 atom stereocenters. The summed E-state index contributed by atoms with van der Waals surface area (Å²) in [5.41, 5.74) is 3.36. The van der Waals surface area contributed by atoms with E-state index in [1.165, 1.54) is 0 Å². The predicted octanol–water partition coefficient (Wildman–Crippen LogP) is 2.18. The van der Waals surface area contributed by atoms with E-state index >= 15 is 0 Å². The van der Waals surface area contributed by atoms with Gasteiger partial charge in [0.2, 0.25) is 0 Å². The van der Waals surface area contributed by atoms with E-state index in [0.29, 0.717) is 5.69 Å². The number of benzene rings is 1. The summed E-state index contributed by atoms with van der Waals surface area (Å²) >= 11 is 0. The van der Waals surface area contributed by atoms with Crippen LogP contribution in [0.5, 0.6) is 0 Å². The van der Waals surface area contributed by atoms with Gasteiger partial charge in [0.15, 0.2) is 0 Å². The molecule has 0 aliphatic carbocycles. The predicted molar refractivity (Wildman–Crippen MR) is 62.0 cm³/mol. The molecule has 3 nitrogen and oxygen atoms in total.